The normalized spacial score (nSPS) is 10.1. The van der Waals surface area contributed by atoms with Crippen LogP contribution in [0.4, 0.5) is 0 Å². The molecule has 0 bridgehead atoms. The van der Waals surface area contributed by atoms with E-state index in [1.54, 1.807) is 13.1 Å². The minimum absolute atomic E-state index is 0.0868. The number of aromatic nitrogens is 1. The van der Waals surface area contributed by atoms with E-state index in [1.165, 1.54) is 5.56 Å². The Labute approximate surface area is 95.0 Å². The van der Waals surface area contributed by atoms with Gasteiger partial charge >= 0.3 is 0 Å². The third-order valence-electron chi connectivity index (χ3n) is 2.50. The predicted octanol–water partition coefficient (Wildman–Crippen LogP) is 3.26. The third kappa shape index (κ3) is 2.16. The molecule has 0 saturated carbocycles. The fourth-order valence-corrected chi connectivity index (χ4v) is 1.57. The van der Waals surface area contributed by atoms with E-state index in [0.717, 1.165) is 16.8 Å². The monoisotopic (exact) mass is 211 g/mol. The molecule has 0 aliphatic rings. The molecular weight excluding hydrogens is 198 g/mol. The maximum Gasteiger partial charge on any atom is 0.159 e. The second-order valence-corrected chi connectivity index (χ2v) is 3.85. The lowest BCUT2D eigenvalue weighted by molar-refractivity contribution is 0.101. The van der Waals surface area contributed by atoms with Gasteiger partial charge in [0.2, 0.25) is 0 Å². The first-order chi connectivity index (χ1) is 7.66. The lowest BCUT2D eigenvalue weighted by atomic mass is 10.1. The average Bonchev–Trinajstić information content (AvgIpc) is 2.29. The minimum Gasteiger partial charge on any atom is -0.295 e. The van der Waals surface area contributed by atoms with E-state index in [4.69, 9.17) is 0 Å². The Morgan fingerprint density at radius 3 is 2.38 bits per heavy atom. The van der Waals surface area contributed by atoms with Gasteiger partial charge in [0.15, 0.2) is 5.78 Å². The van der Waals surface area contributed by atoms with Crippen molar-refractivity contribution in [3.8, 4) is 11.3 Å². The van der Waals surface area contributed by atoms with Gasteiger partial charge < -0.3 is 0 Å². The highest BCUT2D eigenvalue weighted by atomic mass is 16.1. The average molecular weight is 211 g/mol. The molecule has 0 saturated heterocycles. The summed E-state index contributed by atoms with van der Waals surface area (Å²) in [4.78, 5) is 15.4. The van der Waals surface area contributed by atoms with Crippen LogP contribution in [0.15, 0.2) is 42.6 Å². The Bertz CT molecular complexity index is 515. The molecule has 2 aromatic rings. The molecule has 0 aliphatic heterocycles. The largest absolute Gasteiger partial charge is 0.295 e. The molecule has 0 fully saturated rings. The molecule has 1 aromatic heterocycles. The standard InChI is InChI=1S/C14H13NO/c1-10-7-8-15-14(9-10)13-5-3-12(4-6-13)11(2)16/h3-9H,1-2H3. The van der Waals surface area contributed by atoms with Gasteiger partial charge in [-0.25, -0.2) is 0 Å². The Balaban J connectivity index is 2.38. The molecule has 1 aromatic carbocycles. The van der Waals surface area contributed by atoms with Crippen molar-refractivity contribution in [3.05, 3.63) is 53.7 Å². The zero-order valence-corrected chi connectivity index (χ0v) is 9.40. The van der Waals surface area contributed by atoms with Crippen LogP contribution in [-0.2, 0) is 0 Å². The van der Waals surface area contributed by atoms with Gasteiger partial charge in [0.05, 0.1) is 5.69 Å². The number of rotatable bonds is 2. The van der Waals surface area contributed by atoms with Crippen molar-refractivity contribution in [1.29, 1.82) is 0 Å². The highest BCUT2D eigenvalue weighted by Crippen LogP contribution is 2.18. The number of Topliss-reactive ketones (excluding diaryl/α,β-unsaturated/α-hetero) is 1. The van der Waals surface area contributed by atoms with Gasteiger partial charge in [-0.05, 0) is 31.5 Å². The van der Waals surface area contributed by atoms with Crippen LogP contribution in [0, 0.1) is 6.92 Å². The molecule has 0 N–H and O–H groups in total. The van der Waals surface area contributed by atoms with Crippen molar-refractivity contribution in [3.63, 3.8) is 0 Å². The smallest absolute Gasteiger partial charge is 0.159 e. The molecule has 0 amide bonds. The van der Waals surface area contributed by atoms with Crippen LogP contribution in [0.1, 0.15) is 22.8 Å². The number of hydrogen-bond donors (Lipinski definition) is 0. The van der Waals surface area contributed by atoms with E-state index in [-0.39, 0.29) is 5.78 Å². The summed E-state index contributed by atoms with van der Waals surface area (Å²) in [6.07, 6.45) is 1.80. The molecule has 2 rings (SSSR count). The predicted molar refractivity (Wildman–Crippen MR) is 64.4 cm³/mol. The van der Waals surface area contributed by atoms with Crippen LogP contribution in [0.25, 0.3) is 11.3 Å². The van der Waals surface area contributed by atoms with E-state index < -0.39 is 0 Å². The van der Waals surface area contributed by atoms with Crippen molar-refractivity contribution >= 4 is 5.78 Å². The Hall–Kier alpha value is -1.96. The number of ketones is 1. The molecular formula is C14H13NO. The van der Waals surface area contributed by atoms with Crippen molar-refractivity contribution in [1.82, 2.24) is 4.98 Å². The number of pyridine rings is 1. The van der Waals surface area contributed by atoms with Crippen LogP contribution in [0.3, 0.4) is 0 Å². The number of nitrogens with zero attached hydrogens (tertiary/aromatic N) is 1. The van der Waals surface area contributed by atoms with Crippen molar-refractivity contribution in [2.75, 3.05) is 0 Å². The molecule has 1 heterocycles. The summed E-state index contributed by atoms with van der Waals surface area (Å²) in [5.41, 5.74) is 3.89. The molecule has 0 unspecified atom stereocenters. The van der Waals surface area contributed by atoms with Gasteiger partial charge in [0.1, 0.15) is 0 Å². The Morgan fingerprint density at radius 1 is 1.12 bits per heavy atom. The molecule has 0 spiro atoms. The summed E-state index contributed by atoms with van der Waals surface area (Å²) < 4.78 is 0. The first kappa shape index (κ1) is 10.6. The summed E-state index contributed by atoms with van der Waals surface area (Å²) in [5.74, 6) is 0.0868. The molecule has 2 nitrogen and oxygen atoms in total. The highest BCUT2D eigenvalue weighted by molar-refractivity contribution is 5.94. The summed E-state index contributed by atoms with van der Waals surface area (Å²) in [7, 11) is 0. The van der Waals surface area contributed by atoms with Crippen molar-refractivity contribution < 1.29 is 4.79 Å². The second kappa shape index (κ2) is 4.27. The number of benzene rings is 1. The van der Waals surface area contributed by atoms with Crippen LogP contribution in [-0.4, -0.2) is 10.8 Å². The zero-order valence-electron chi connectivity index (χ0n) is 9.40. The Morgan fingerprint density at radius 2 is 1.81 bits per heavy atom. The number of hydrogen-bond acceptors (Lipinski definition) is 2. The lowest BCUT2D eigenvalue weighted by Crippen LogP contribution is -1.91. The van der Waals surface area contributed by atoms with E-state index in [1.807, 2.05) is 43.3 Å². The summed E-state index contributed by atoms with van der Waals surface area (Å²) in [5, 5.41) is 0. The van der Waals surface area contributed by atoms with Gasteiger partial charge in [0, 0.05) is 17.3 Å². The van der Waals surface area contributed by atoms with E-state index >= 15 is 0 Å². The van der Waals surface area contributed by atoms with Crippen molar-refractivity contribution in [2.45, 2.75) is 13.8 Å². The maximum atomic E-state index is 11.1. The van der Waals surface area contributed by atoms with E-state index in [2.05, 4.69) is 4.98 Å². The summed E-state index contributed by atoms with van der Waals surface area (Å²) >= 11 is 0. The fraction of sp³-hybridized carbons (Fsp3) is 0.143. The molecule has 16 heavy (non-hydrogen) atoms. The first-order valence-corrected chi connectivity index (χ1v) is 5.21. The second-order valence-electron chi connectivity index (χ2n) is 3.85. The van der Waals surface area contributed by atoms with Crippen molar-refractivity contribution in [2.24, 2.45) is 0 Å². The summed E-state index contributed by atoms with van der Waals surface area (Å²) in [6, 6.07) is 11.5. The van der Waals surface area contributed by atoms with E-state index in [9.17, 15) is 4.79 Å². The molecule has 0 atom stereocenters. The third-order valence-corrected chi connectivity index (χ3v) is 2.50. The topological polar surface area (TPSA) is 30.0 Å². The van der Waals surface area contributed by atoms with Crippen LogP contribution < -0.4 is 0 Å². The molecule has 2 heteroatoms. The Kier molecular flexibility index (Phi) is 2.82. The maximum absolute atomic E-state index is 11.1. The van der Waals surface area contributed by atoms with Gasteiger partial charge in [-0.1, -0.05) is 24.3 Å². The fourth-order valence-electron chi connectivity index (χ4n) is 1.57. The molecule has 0 radical (unpaired) electrons. The summed E-state index contributed by atoms with van der Waals surface area (Å²) in [6.45, 7) is 3.61. The molecule has 80 valence electrons. The quantitative estimate of drug-likeness (QED) is 0.714. The van der Waals surface area contributed by atoms with Gasteiger partial charge in [-0.2, -0.15) is 0 Å². The zero-order chi connectivity index (χ0) is 11.5. The van der Waals surface area contributed by atoms with Crippen LogP contribution >= 0.6 is 0 Å². The van der Waals surface area contributed by atoms with Gasteiger partial charge in [-0.15, -0.1) is 0 Å². The highest BCUT2D eigenvalue weighted by Gasteiger charge is 2.01. The molecule has 0 aliphatic carbocycles. The lowest BCUT2D eigenvalue weighted by Gasteiger charge is -2.02. The SMILES string of the molecule is CC(=O)c1ccc(-c2cc(C)ccn2)cc1. The number of aryl methyl sites for hydroxylation is 1. The minimum atomic E-state index is 0.0868. The van der Waals surface area contributed by atoms with Gasteiger partial charge in [-0.3, -0.25) is 9.78 Å². The van der Waals surface area contributed by atoms with Gasteiger partial charge in [0.25, 0.3) is 0 Å². The van der Waals surface area contributed by atoms with E-state index in [0.29, 0.717) is 0 Å². The van der Waals surface area contributed by atoms with Crippen LogP contribution in [0.5, 0.6) is 0 Å². The number of carbonyl (C=O) groups is 1. The first-order valence-electron chi connectivity index (χ1n) is 5.21. The number of carbonyl (C=O) groups excluding carboxylic acids is 1. The van der Waals surface area contributed by atoms with Crippen LogP contribution in [0.2, 0.25) is 0 Å².